The maximum absolute atomic E-state index is 14.3. The first kappa shape index (κ1) is 41.7. The van der Waals surface area contributed by atoms with Crippen molar-refractivity contribution in [2.75, 3.05) is 22.6 Å². The van der Waals surface area contributed by atoms with Gasteiger partial charge in [-0.05, 0) is 33.4 Å². The number of hydrogen-bond donors (Lipinski definition) is 2. The number of rotatable bonds is 15. The normalized spacial score (nSPS) is 16.5. The molecule has 2 amide bonds. The average Bonchev–Trinajstić information content (AvgIpc) is 3.79. The third kappa shape index (κ3) is 8.63. The van der Waals surface area contributed by atoms with Gasteiger partial charge in [-0.25, -0.2) is 9.78 Å². The van der Waals surface area contributed by atoms with Gasteiger partial charge in [0.15, 0.2) is 16.9 Å². The summed E-state index contributed by atoms with van der Waals surface area (Å²) in [6.07, 6.45) is 3.10. The maximum atomic E-state index is 14.3. The lowest BCUT2D eigenvalue weighted by Gasteiger charge is -2.49. The Bertz CT molecular complexity index is 2440. The van der Waals surface area contributed by atoms with E-state index in [9.17, 15) is 14.4 Å². The van der Waals surface area contributed by atoms with E-state index in [0.717, 1.165) is 27.8 Å². The lowest BCUT2D eigenvalue weighted by molar-refractivity contribution is -0.154. The van der Waals surface area contributed by atoms with Crippen LogP contribution in [0.5, 0.6) is 0 Å². The Morgan fingerprint density at radius 2 is 1.38 bits per heavy atom. The number of aromatic nitrogens is 1. The van der Waals surface area contributed by atoms with E-state index >= 15 is 0 Å². The molecule has 306 valence electrons. The lowest BCUT2D eigenvalue weighted by atomic mass is 9.77. The van der Waals surface area contributed by atoms with E-state index in [0.29, 0.717) is 20.9 Å². The van der Waals surface area contributed by atoms with Crippen LogP contribution in [0.25, 0.3) is 0 Å². The molecular weight excluding hydrogens is 918 g/mol. The molecule has 1 unspecified atom stereocenters. The smallest absolute Gasteiger partial charge is 0.356 e. The van der Waals surface area contributed by atoms with Crippen LogP contribution >= 0.6 is 45.7 Å². The molecule has 0 spiro atoms. The number of thiazole rings is 1. The first-order valence-electron chi connectivity index (χ1n) is 19.5. The van der Waals surface area contributed by atoms with E-state index < -0.39 is 40.8 Å². The first-order valence-corrected chi connectivity index (χ1v) is 22.9. The van der Waals surface area contributed by atoms with Crippen LogP contribution in [-0.4, -0.2) is 62.1 Å². The summed E-state index contributed by atoms with van der Waals surface area (Å²) in [6.45, 7) is 0. The molecule has 2 N–H and O–H groups in total. The SMILES string of the molecule is CO/N=C(\C(=O)NC1C(=O)N2C(C(=O)OC(c3ccccc3)c3ccccc3)=C(C=CCI)CS[C@H]12)c1csc(NC(c2ccccc2)(c2ccccc2)c2ccccc2)n1. The van der Waals surface area contributed by atoms with Gasteiger partial charge in [0.2, 0.25) is 0 Å². The number of nitrogens with zero attached hydrogens (tertiary/aromatic N) is 3. The van der Waals surface area contributed by atoms with Gasteiger partial charge in [0.05, 0.1) is 0 Å². The highest BCUT2D eigenvalue weighted by atomic mass is 127. The molecule has 13 heteroatoms. The zero-order chi connectivity index (χ0) is 42.2. The van der Waals surface area contributed by atoms with Gasteiger partial charge in [-0.3, -0.25) is 14.5 Å². The lowest BCUT2D eigenvalue weighted by Crippen LogP contribution is -2.71. The zero-order valence-corrected chi connectivity index (χ0v) is 36.7. The number of anilines is 1. The van der Waals surface area contributed by atoms with E-state index in [2.05, 4.69) is 74.8 Å². The summed E-state index contributed by atoms with van der Waals surface area (Å²) < 4.78 is 6.98. The summed E-state index contributed by atoms with van der Waals surface area (Å²) in [6, 6.07) is 48.4. The molecule has 6 aromatic rings. The summed E-state index contributed by atoms with van der Waals surface area (Å²) in [5.74, 6) is -1.29. The van der Waals surface area contributed by atoms with Crippen LogP contribution in [0, 0.1) is 0 Å². The molecule has 2 aliphatic heterocycles. The van der Waals surface area contributed by atoms with Gasteiger partial charge in [-0.2, -0.15) is 0 Å². The third-order valence-corrected chi connectivity index (χ3v) is 12.9. The number of alkyl halides is 1. The minimum atomic E-state index is -0.949. The van der Waals surface area contributed by atoms with E-state index in [4.69, 9.17) is 14.6 Å². The van der Waals surface area contributed by atoms with Crippen molar-refractivity contribution in [3.63, 3.8) is 0 Å². The van der Waals surface area contributed by atoms with Crippen molar-refractivity contribution in [2.45, 2.75) is 23.1 Å². The standard InChI is InChI=1S/C48H40IN5O5S2/c1-58-53-39(38-31-61-47(50-38)52-48(35-23-11-4-12-24-35,36-25-13-5-14-26-36)37-27-15-6-16-28-37)43(55)51-40-44(56)54-41(34(22-17-29-49)30-60-45(40)54)46(57)59-42(32-18-7-2-8-19-32)33-20-9-3-10-21-33/h2-28,31,40,42,45H,29-30H2,1H3,(H,50,52)(H,51,55)/b22-17?,53-39-/t40?,45-/m1/s1. The van der Waals surface area contributed by atoms with Crippen LogP contribution in [-0.2, 0) is 29.5 Å². The molecule has 0 aliphatic carbocycles. The van der Waals surface area contributed by atoms with Crippen molar-refractivity contribution in [1.29, 1.82) is 0 Å². The second-order valence-electron chi connectivity index (χ2n) is 14.0. The van der Waals surface area contributed by atoms with Gasteiger partial charge >= 0.3 is 5.97 Å². The Morgan fingerprint density at radius 1 is 0.852 bits per heavy atom. The van der Waals surface area contributed by atoms with E-state index in [-0.39, 0.29) is 17.1 Å². The number of hydrogen-bond acceptors (Lipinski definition) is 10. The fourth-order valence-corrected chi connectivity index (χ4v) is 9.90. The number of benzene rings is 5. The fourth-order valence-electron chi connectivity index (χ4n) is 7.58. The summed E-state index contributed by atoms with van der Waals surface area (Å²) in [7, 11) is 1.35. The summed E-state index contributed by atoms with van der Waals surface area (Å²) in [4.78, 5) is 54.0. The number of esters is 1. The number of thioether (sulfide) groups is 1. The minimum absolute atomic E-state index is 0.0991. The number of oxime groups is 1. The predicted molar refractivity (Wildman–Crippen MR) is 249 cm³/mol. The van der Waals surface area contributed by atoms with Gasteiger partial charge in [-0.1, -0.05) is 192 Å². The molecule has 5 aromatic carbocycles. The molecule has 1 saturated heterocycles. The highest BCUT2D eigenvalue weighted by molar-refractivity contribution is 14.1. The Labute approximate surface area is 375 Å². The molecule has 3 heterocycles. The number of carbonyl (C=O) groups is 3. The second-order valence-corrected chi connectivity index (χ2v) is 16.9. The van der Waals surface area contributed by atoms with Crippen LogP contribution < -0.4 is 10.6 Å². The first-order chi connectivity index (χ1) is 29.9. The largest absolute Gasteiger partial charge is 0.448 e. The average molecular weight is 958 g/mol. The zero-order valence-electron chi connectivity index (χ0n) is 32.9. The Hall–Kier alpha value is -6.03. The predicted octanol–water partition coefficient (Wildman–Crippen LogP) is 8.88. The number of fused-ring (bicyclic) bond motifs is 1. The van der Waals surface area contributed by atoms with Gasteiger partial charge in [-0.15, -0.1) is 23.1 Å². The second kappa shape index (κ2) is 19.1. The van der Waals surface area contributed by atoms with E-state index in [1.807, 2.05) is 127 Å². The van der Waals surface area contributed by atoms with Crippen molar-refractivity contribution in [3.05, 3.63) is 214 Å². The van der Waals surface area contributed by atoms with Crippen molar-refractivity contribution in [3.8, 4) is 0 Å². The number of β-lactam (4-membered cyclic amide) rings is 1. The Balaban J connectivity index is 1.05. The quantitative estimate of drug-likeness (QED) is 0.0199. The number of amides is 2. The van der Waals surface area contributed by atoms with E-state index in [1.54, 1.807) is 5.38 Å². The van der Waals surface area contributed by atoms with Crippen LogP contribution in [0.3, 0.4) is 0 Å². The third-order valence-electron chi connectivity index (χ3n) is 10.4. The van der Waals surface area contributed by atoms with E-state index in [1.165, 1.54) is 35.1 Å². The molecule has 1 fully saturated rings. The van der Waals surface area contributed by atoms with Gasteiger partial charge in [0.25, 0.3) is 11.8 Å². The number of halogens is 1. The minimum Gasteiger partial charge on any atom is -0.448 e. The number of ether oxygens (including phenoxy) is 1. The van der Waals surface area contributed by atoms with Crippen molar-refractivity contribution < 1.29 is 24.0 Å². The van der Waals surface area contributed by atoms with Gasteiger partial charge in [0, 0.05) is 15.6 Å². The van der Waals surface area contributed by atoms with Gasteiger partial charge in [0.1, 0.15) is 35.5 Å². The van der Waals surface area contributed by atoms with Crippen LogP contribution in [0.15, 0.2) is 186 Å². The molecule has 0 radical (unpaired) electrons. The fraction of sp³-hybridized carbons (Fsp3) is 0.146. The molecule has 2 aliphatic rings. The molecule has 0 saturated carbocycles. The molecule has 8 rings (SSSR count). The highest BCUT2D eigenvalue weighted by Crippen LogP contribution is 2.43. The summed E-state index contributed by atoms with van der Waals surface area (Å²) in [5.41, 5.74) is 4.72. The maximum Gasteiger partial charge on any atom is 0.356 e. The van der Waals surface area contributed by atoms with Gasteiger partial charge < -0.3 is 20.2 Å². The van der Waals surface area contributed by atoms with Crippen molar-refractivity contribution in [1.82, 2.24) is 15.2 Å². The topological polar surface area (TPSA) is 122 Å². The molecular formula is C48H40IN5O5S2. The Kier molecular flexibility index (Phi) is 13.1. The van der Waals surface area contributed by atoms with Crippen molar-refractivity contribution in [2.24, 2.45) is 5.16 Å². The number of nitrogens with one attached hydrogen (secondary N) is 2. The monoisotopic (exact) mass is 957 g/mol. The highest BCUT2D eigenvalue weighted by Gasteiger charge is 2.55. The number of carbonyl (C=O) groups excluding carboxylic acids is 3. The summed E-state index contributed by atoms with van der Waals surface area (Å²) >= 11 is 5.01. The molecule has 2 atom stereocenters. The van der Waals surface area contributed by atoms with Crippen LogP contribution in [0.1, 0.15) is 39.6 Å². The van der Waals surface area contributed by atoms with Crippen LogP contribution in [0.2, 0.25) is 0 Å². The van der Waals surface area contributed by atoms with Crippen molar-refractivity contribution >= 4 is 74.3 Å². The molecule has 61 heavy (non-hydrogen) atoms. The van der Waals surface area contributed by atoms with Crippen LogP contribution in [0.4, 0.5) is 5.13 Å². The molecule has 10 nitrogen and oxygen atoms in total. The molecule has 1 aromatic heterocycles. The number of allylic oxidation sites excluding steroid dienone is 2. The Morgan fingerprint density at radius 3 is 1.89 bits per heavy atom. The molecule has 0 bridgehead atoms. The summed E-state index contributed by atoms with van der Waals surface area (Å²) in [5, 5.41) is 12.4.